The van der Waals surface area contributed by atoms with Crippen molar-refractivity contribution in [2.75, 3.05) is 5.32 Å². The third kappa shape index (κ3) is 4.56. The Morgan fingerprint density at radius 1 is 1.19 bits per heavy atom. The summed E-state index contributed by atoms with van der Waals surface area (Å²) in [6, 6.07) is 13.1. The molecular formula is C28H28ClN3O2S2. The summed E-state index contributed by atoms with van der Waals surface area (Å²) >= 11 is 9.06. The Bertz CT molecular complexity index is 1490. The van der Waals surface area contributed by atoms with E-state index in [-0.39, 0.29) is 11.3 Å². The fourth-order valence-corrected chi connectivity index (χ4v) is 7.33. The van der Waals surface area contributed by atoms with Crippen molar-refractivity contribution in [3.05, 3.63) is 68.4 Å². The number of anilines is 1. The van der Waals surface area contributed by atoms with Gasteiger partial charge in [0.05, 0.1) is 31.6 Å². The monoisotopic (exact) mass is 537 g/mol. The van der Waals surface area contributed by atoms with Gasteiger partial charge in [-0.15, -0.1) is 22.7 Å². The Kier molecular flexibility index (Phi) is 6.66. The highest BCUT2D eigenvalue weighted by Crippen LogP contribution is 2.45. The van der Waals surface area contributed by atoms with Gasteiger partial charge in [0, 0.05) is 10.3 Å². The Balaban J connectivity index is 1.53. The first-order valence-electron chi connectivity index (χ1n) is 12.1. The second-order valence-electron chi connectivity index (χ2n) is 9.98. The van der Waals surface area contributed by atoms with E-state index in [4.69, 9.17) is 22.3 Å². The Morgan fingerprint density at radius 2 is 1.97 bits per heavy atom. The van der Waals surface area contributed by atoms with Crippen LogP contribution in [0.15, 0.2) is 42.5 Å². The maximum atomic E-state index is 13.7. The van der Waals surface area contributed by atoms with Crippen LogP contribution < -0.4 is 11.1 Å². The largest absolute Gasteiger partial charge is 0.365 e. The zero-order chi connectivity index (χ0) is 25.6. The molecule has 0 radical (unpaired) electrons. The molecule has 1 atom stereocenters. The number of aromatic nitrogens is 1. The molecule has 3 N–H and O–H groups in total. The summed E-state index contributed by atoms with van der Waals surface area (Å²) in [4.78, 5) is 33.0. The van der Waals surface area contributed by atoms with E-state index in [2.05, 4.69) is 26.1 Å². The first-order chi connectivity index (χ1) is 17.2. The molecule has 0 unspecified atom stereocenters. The van der Waals surface area contributed by atoms with Crippen LogP contribution in [0.2, 0.25) is 4.34 Å². The fourth-order valence-electron chi connectivity index (χ4n) is 5.00. The predicted octanol–water partition coefficient (Wildman–Crippen LogP) is 7.57. The normalized spacial score (nSPS) is 15.6. The predicted molar refractivity (Wildman–Crippen MR) is 150 cm³/mol. The van der Waals surface area contributed by atoms with Crippen molar-refractivity contribution in [2.24, 2.45) is 17.1 Å². The van der Waals surface area contributed by atoms with Crippen LogP contribution >= 0.6 is 34.3 Å². The van der Waals surface area contributed by atoms with Crippen LogP contribution in [0.25, 0.3) is 21.5 Å². The van der Waals surface area contributed by atoms with Gasteiger partial charge in [-0.1, -0.05) is 57.0 Å². The molecule has 0 bridgehead atoms. The molecule has 186 valence electrons. The number of pyridine rings is 1. The number of amides is 2. The second kappa shape index (κ2) is 9.61. The van der Waals surface area contributed by atoms with E-state index in [0.29, 0.717) is 32.1 Å². The van der Waals surface area contributed by atoms with Gasteiger partial charge in [-0.25, -0.2) is 4.98 Å². The quantitative estimate of drug-likeness (QED) is 0.266. The van der Waals surface area contributed by atoms with Crippen molar-refractivity contribution in [3.8, 4) is 10.6 Å². The summed E-state index contributed by atoms with van der Waals surface area (Å²) in [6.45, 7) is 6.84. The lowest BCUT2D eigenvalue weighted by Gasteiger charge is -2.36. The van der Waals surface area contributed by atoms with Crippen molar-refractivity contribution in [1.29, 1.82) is 0 Å². The maximum Gasteiger partial charge on any atom is 0.257 e. The number of hydrogen-bond acceptors (Lipinski definition) is 5. The van der Waals surface area contributed by atoms with Crippen LogP contribution in [0.4, 0.5) is 5.00 Å². The van der Waals surface area contributed by atoms with E-state index < -0.39 is 5.91 Å². The molecular weight excluding hydrogens is 510 g/mol. The van der Waals surface area contributed by atoms with E-state index in [1.54, 1.807) is 6.07 Å². The van der Waals surface area contributed by atoms with Crippen molar-refractivity contribution >= 4 is 62.0 Å². The van der Waals surface area contributed by atoms with Crippen LogP contribution in [0.1, 0.15) is 64.8 Å². The molecule has 8 heteroatoms. The fraction of sp³-hybridized carbons (Fsp3) is 0.321. The Morgan fingerprint density at radius 3 is 2.67 bits per heavy atom. The highest BCUT2D eigenvalue weighted by molar-refractivity contribution is 7.19. The SMILES string of the molecule is CCC(C)(C)[C@H]1CCc2c(sc(NC(=O)c3cc(-c4ccc(Cl)s4)nc4ccccc34)c2C(N)=O)C1. The third-order valence-electron chi connectivity index (χ3n) is 7.54. The topological polar surface area (TPSA) is 85.1 Å². The number of carbonyl (C=O) groups is 2. The van der Waals surface area contributed by atoms with E-state index in [1.165, 1.54) is 22.7 Å². The zero-order valence-corrected chi connectivity index (χ0v) is 22.9. The summed E-state index contributed by atoms with van der Waals surface area (Å²) < 4.78 is 0.658. The standard InChI is InChI=1S/C28H28ClN3O2S2/c1-4-28(2,3)15-9-10-17-22(13-15)36-27(24(17)25(30)33)32-26(34)18-14-20(21-11-12-23(29)35-21)31-19-8-6-5-7-16(18)19/h5-8,11-12,14-15H,4,9-10,13H2,1-3H3,(H2,30,33)(H,32,34)/t15-/m0/s1. The van der Waals surface area contributed by atoms with Gasteiger partial charge in [0.25, 0.3) is 11.8 Å². The number of rotatable bonds is 6. The summed E-state index contributed by atoms with van der Waals surface area (Å²) in [6.07, 6.45) is 3.81. The molecule has 1 aromatic carbocycles. The number of nitrogens with two attached hydrogens (primary N) is 1. The van der Waals surface area contributed by atoms with Crippen LogP contribution in [-0.4, -0.2) is 16.8 Å². The van der Waals surface area contributed by atoms with Gasteiger partial charge in [-0.05, 0) is 60.4 Å². The second-order valence-corrected chi connectivity index (χ2v) is 12.8. The number of primary amides is 1. The van der Waals surface area contributed by atoms with Gasteiger partial charge in [0.15, 0.2) is 0 Å². The molecule has 0 fully saturated rings. The molecule has 36 heavy (non-hydrogen) atoms. The lowest BCUT2D eigenvalue weighted by atomic mass is 9.69. The minimum absolute atomic E-state index is 0.217. The van der Waals surface area contributed by atoms with Crippen molar-refractivity contribution in [3.63, 3.8) is 0 Å². The van der Waals surface area contributed by atoms with Gasteiger partial charge in [-0.3, -0.25) is 9.59 Å². The maximum absolute atomic E-state index is 13.7. The molecule has 5 nitrogen and oxygen atoms in total. The molecule has 0 aliphatic heterocycles. The number of benzene rings is 1. The number of para-hydroxylation sites is 1. The minimum Gasteiger partial charge on any atom is -0.365 e. The minimum atomic E-state index is -0.496. The number of halogens is 1. The summed E-state index contributed by atoms with van der Waals surface area (Å²) in [5, 5.41) is 4.32. The molecule has 4 aromatic rings. The Labute approximate surface area is 223 Å². The highest BCUT2D eigenvalue weighted by atomic mass is 35.5. The van der Waals surface area contributed by atoms with Gasteiger partial charge in [0.2, 0.25) is 0 Å². The molecule has 2 amide bonds. The van der Waals surface area contributed by atoms with Crippen LogP contribution in [0.3, 0.4) is 0 Å². The van der Waals surface area contributed by atoms with Gasteiger partial charge in [-0.2, -0.15) is 0 Å². The Hall–Kier alpha value is -2.74. The molecule has 3 aromatic heterocycles. The van der Waals surface area contributed by atoms with Crippen molar-refractivity contribution < 1.29 is 9.59 Å². The number of thiophene rings is 2. The van der Waals surface area contributed by atoms with Crippen molar-refractivity contribution in [2.45, 2.75) is 46.5 Å². The van der Waals surface area contributed by atoms with E-state index in [9.17, 15) is 9.59 Å². The smallest absolute Gasteiger partial charge is 0.257 e. The van der Waals surface area contributed by atoms with E-state index >= 15 is 0 Å². The van der Waals surface area contributed by atoms with E-state index in [0.717, 1.165) is 51.9 Å². The third-order valence-corrected chi connectivity index (χ3v) is 9.97. The summed E-state index contributed by atoms with van der Waals surface area (Å²) in [5.41, 5.74) is 9.40. The van der Waals surface area contributed by atoms with E-state index in [1.807, 2.05) is 36.4 Å². The number of nitrogens with zero attached hydrogens (tertiary/aromatic N) is 1. The molecule has 1 aliphatic rings. The first-order valence-corrected chi connectivity index (χ1v) is 14.1. The molecule has 5 rings (SSSR count). The molecule has 1 aliphatic carbocycles. The summed E-state index contributed by atoms with van der Waals surface area (Å²) in [7, 11) is 0. The average molecular weight is 538 g/mol. The van der Waals surface area contributed by atoms with Crippen LogP contribution in [0, 0.1) is 11.3 Å². The molecule has 0 saturated carbocycles. The lowest BCUT2D eigenvalue weighted by Crippen LogP contribution is -2.29. The number of hydrogen-bond donors (Lipinski definition) is 2. The number of carbonyl (C=O) groups excluding carboxylic acids is 2. The molecule has 0 saturated heterocycles. The van der Waals surface area contributed by atoms with Gasteiger partial charge >= 0.3 is 0 Å². The number of fused-ring (bicyclic) bond motifs is 2. The highest BCUT2D eigenvalue weighted by Gasteiger charge is 2.35. The summed E-state index contributed by atoms with van der Waals surface area (Å²) in [5.74, 6) is -0.254. The average Bonchev–Trinajstić information content (AvgIpc) is 3.45. The van der Waals surface area contributed by atoms with Gasteiger partial charge < -0.3 is 11.1 Å². The van der Waals surface area contributed by atoms with Crippen molar-refractivity contribution in [1.82, 2.24) is 4.98 Å². The molecule has 0 spiro atoms. The molecule has 3 heterocycles. The first kappa shape index (κ1) is 24.9. The van der Waals surface area contributed by atoms with Crippen LogP contribution in [0.5, 0.6) is 0 Å². The van der Waals surface area contributed by atoms with Crippen LogP contribution in [-0.2, 0) is 12.8 Å². The number of nitrogens with one attached hydrogen (secondary N) is 1. The van der Waals surface area contributed by atoms with Gasteiger partial charge in [0.1, 0.15) is 5.00 Å². The zero-order valence-electron chi connectivity index (χ0n) is 20.5. The lowest BCUT2D eigenvalue weighted by molar-refractivity contribution is 0.0999.